The van der Waals surface area contributed by atoms with Crippen LogP contribution in [0, 0.1) is 0 Å². The predicted molar refractivity (Wildman–Crippen MR) is 77.3 cm³/mol. The minimum atomic E-state index is 0.591. The Labute approximate surface area is 105 Å². The molecule has 0 aliphatic rings. The molecule has 0 atom stereocenters. The molecule has 0 saturated heterocycles. The molecule has 0 heterocycles. The Hall–Kier alpha value is -1.56. The lowest BCUT2D eigenvalue weighted by atomic mass is 9.98. The highest BCUT2D eigenvalue weighted by Crippen LogP contribution is 2.23. The van der Waals surface area contributed by atoms with Crippen molar-refractivity contribution in [2.45, 2.75) is 33.6 Å². The zero-order chi connectivity index (χ0) is 12.7. The largest absolute Gasteiger partial charge is 0.0683 e. The first-order valence-corrected chi connectivity index (χ1v) is 6.43. The Morgan fingerprint density at radius 3 is 1.88 bits per heavy atom. The van der Waals surface area contributed by atoms with Crippen molar-refractivity contribution in [1.82, 2.24) is 0 Å². The van der Waals surface area contributed by atoms with E-state index in [1.54, 1.807) is 0 Å². The van der Waals surface area contributed by atoms with Gasteiger partial charge in [-0.05, 0) is 22.6 Å². The van der Waals surface area contributed by atoms with Gasteiger partial charge in [0.25, 0.3) is 0 Å². The molecule has 0 unspecified atom stereocenters. The van der Waals surface area contributed by atoms with E-state index < -0.39 is 0 Å². The van der Waals surface area contributed by atoms with E-state index in [4.69, 9.17) is 0 Å². The van der Waals surface area contributed by atoms with Crippen LogP contribution in [0.3, 0.4) is 0 Å². The second-order valence-electron chi connectivity index (χ2n) is 4.15. The number of rotatable bonds is 2. The van der Waals surface area contributed by atoms with Gasteiger partial charge in [-0.15, -0.1) is 0 Å². The normalized spacial score (nSPS) is 9.71. The summed E-state index contributed by atoms with van der Waals surface area (Å²) in [6, 6.07) is 19.3. The van der Waals surface area contributed by atoms with Crippen LogP contribution < -0.4 is 0 Å². The van der Waals surface area contributed by atoms with Gasteiger partial charge in [-0.3, -0.25) is 0 Å². The van der Waals surface area contributed by atoms with Gasteiger partial charge < -0.3 is 0 Å². The third kappa shape index (κ3) is 3.74. The summed E-state index contributed by atoms with van der Waals surface area (Å²) in [4.78, 5) is 0. The van der Waals surface area contributed by atoms with Crippen molar-refractivity contribution in [3.05, 3.63) is 60.2 Å². The van der Waals surface area contributed by atoms with Crippen molar-refractivity contribution in [1.29, 1.82) is 0 Å². The lowest BCUT2D eigenvalue weighted by Gasteiger charge is -2.08. The summed E-state index contributed by atoms with van der Waals surface area (Å²) in [5.74, 6) is 0.591. The fraction of sp³-hybridized carbons (Fsp3) is 0.294. The summed E-state index contributed by atoms with van der Waals surface area (Å²) in [7, 11) is 0. The molecule has 0 heteroatoms. The fourth-order valence-corrected chi connectivity index (χ4v) is 1.71. The molecule has 0 saturated carbocycles. The number of hydrogen-bond acceptors (Lipinski definition) is 0. The van der Waals surface area contributed by atoms with Gasteiger partial charge in [0.1, 0.15) is 0 Å². The van der Waals surface area contributed by atoms with Crippen LogP contribution in [0.5, 0.6) is 0 Å². The highest BCUT2D eigenvalue weighted by atomic mass is 14.1. The molecule has 17 heavy (non-hydrogen) atoms. The molecule has 0 radical (unpaired) electrons. The molecule has 2 aromatic carbocycles. The molecule has 0 N–H and O–H groups in total. The van der Waals surface area contributed by atoms with Crippen LogP contribution in [0.1, 0.15) is 39.2 Å². The molecular formula is C17H22. The molecule has 2 rings (SSSR count). The number of benzene rings is 2. The van der Waals surface area contributed by atoms with Crippen LogP contribution in [0.2, 0.25) is 0 Å². The quantitative estimate of drug-likeness (QED) is 0.634. The Balaban J connectivity index is 0.000000686. The van der Waals surface area contributed by atoms with Crippen molar-refractivity contribution >= 4 is 0 Å². The number of hydrogen-bond donors (Lipinski definition) is 0. The van der Waals surface area contributed by atoms with Crippen molar-refractivity contribution in [2.75, 3.05) is 0 Å². The van der Waals surface area contributed by atoms with Crippen molar-refractivity contribution in [2.24, 2.45) is 0 Å². The Bertz CT molecular complexity index is 427. The van der Waals surface area contributed by atoms with Gasteiger partial charge in [-0.2, -0.15) is 0 Å². The van der Waals surface area contributed by atoms with E-state index in [9.17, 15) is 0 Å². The molecule has 0 nitrogen and oxygen atoms in total. The van der Waals surface area contributed by atoms with E-state index in [2.05, 4.69) is 68.4 Å². The van der Waals surface area contributed by atoms with Crippen LogP contribution in [0.4, 0.5) is 0 Å². The predicted octanol–water partition coefficient (Wildman–Crippen LogP) is 5.50. The van der Waals surface area contributed by atoms with Gasteiger partial charge in [-0.1, -0.05) is 82.3 Å². The molecule has 0 aliphatic carbocycles. The molecule has 0 amide bonds. The molecular weight excluding hydrogens is 204 g/mol. The van der Waals surface area contributed by atoms with Crippen LogP contribution in [0.25, 0.3) is 11.1 Å². The third-order valence-electron chi connectivity index (χ3n) is 2.66. The van der Waals surface area contributed by atoms with Gasteiger partial charge in [0, 0.05) is 0 Å². The van der Waals surface area contributed by atoms with Gasteiger partial charge in [0.05, 0.1) is 0 Å². The monoisotopic (exact) mass is 226 g/mol. The van der Waals surface area contributed by atoms with E-state index in [0.29, 0.717) is 5.92 Å². The van der Waals surface area contributed by atoms with Gasteiger partial charge in [-0.25, -0.2) is 0 Å². The second-order valence-corrected chi connectivity index (χ2v) is 4.15. The van der Waals surface area contributed by atoms with E-state index in [1.807, 2.05) is 13.8 Å². The lowest BCUT2D eigenvalue weighted by Crippen LogP contribution is -1.87. The van der Waals surface area contributed by atoms with Crippen LogP contribution in [-0.4, -0.2) is 0 Å². The molecule has 0 fully saturated rings. The Morgan fingerprint density at radius 1 is 0.706 bits per heavy atom. The van der Waals surface area contributed by atoms with E-state index in [0.717, 1.165) is 0 Å². The Morgan fingerprint density at radius 2 is 1.29 bits per heavy atom. The van der Waals surface area contributed by atoms with Gasteiger partial charge >= 0.3 is 0 Å². The first-order chi connectivity index (χ1) is 8.27. The first-order valence-electron chi connectivity index (χ1n) is 6.43. The van der Waals surface area contributed by atoms with Gasteiger partial charge in [0.15, 0.2) is 0 Å². The lowest BCUT2D eigenvalue weighted by molar-refractivity contribution is 0.867. The van der Waals surface area contributed by atoms with E-state index >= 15 is 0 Å². The van der Waals surface area contributed by atoms with Gasteiger partial charge in [0.2, 0.25) is 0 Å². The molecule has 0 aliphatic heterocycles. The zero-order valence-corrected chi connectivity index (χ0v) is 11.3. The Kier molecular flexibility index (Phi) is 5.48. The maximum absolute atomic E-state index is 2.28. The zero-order valence-electron chi connectivity index (χ0n) is 11.3. The topological polar surface area (TPSA) is 0 Å². The summed E-state index contributed by atoms with van der Waals surface area (Å²) in [5, 5.41) is 0. The average molecular weight is 226 g/mol. The van der Waals surface area contributed by atoms with E-state index in [1.165, 1.54) is 16.7 Å². The van der Waals surface area contributed by atoms with Crippen LogP contribution in [-0.2, 0) is 0 Å². The second kappa shape index (κ2) is 6.90. The molecule has 0 aromatic heterocycles. The smallest absolute Gasteiger partial charge is 0.0181 e. The van der Waals surface area contributed by atoms with Crippen LogP contribution >= 0.6 is 0 Å². The van der Waals surface area contributed by atoms with Crippen LogP contribution in [0.15, 0.2) is 54.6 Å². The average Bonchev–Trinajstić information content (AvgIpc) is 2.42. The highest BCUT2D eigenvalue weighted by Gasteiger charge is 2.01. The summed E-state index contributed by atoms with van der Waals surface area (Å²) in [5.41, 5.74) is 4.00. The summed E-state index contributed by atoms with van der Waals surface area (Å²) >= 11 is 0. The van der Waals surface area contributed by atoms with Crippen molar-refractivity contribution < 1.29 is 0 Å². The molecule has 0 bridgehead atoms. The maximum atomic E-state index is 2.28. The molecule has 2 aromatic rings. The van der Waals surface area contributed by atoms with Crippen molar-refractivity contribution in [3.8, 4) is 11.1 Å². The van der Waals surface area contributed by atoms with E-state index in [-0.39, 0.29) is 0 Å². The summed E-state index contributed by atoms with van der Waals surface area (Å²) < 4.78 is 0. The standard InChI is InChI=1S/C15H16.C2H6/c1-12(2)14-9-6-10-15(11-14)13-7-4-3-5-8-13;1-2/h3-12H,1-2H3;1-2H3. The first kappa shape index (κ1) is 13.5. The molecule has 90 valence electrons. The minimum Gasteiger partial charge on any atom is -0.0683 e. The third-order valence-corrected chi connectivity index (χ3v) is 2.66. The maximum Gasteiger partial charge on any atom is -0.0181 e. The minimum absolute atomic E-state index is 0.591. The highest BCUT2D eigenvalue weighted by molar-refractivity contribution is 5.64. The fourth-order valence-electron chi connectivity index (χ4n) is 1.71. The summed E-state index contributed by atoms with van der Waals surface area (Å²) in [6.45, 7) is 8.45. The summed E-state index contributed by atoms with van der Waals surface area (Å²) in [6.07, 6.45) is 0. The molecule has 0 spiro atoms. The SMILES string of the molecule is CC.CC(C)c1cccc(-c2ccccc2)c1. The van der Waals surface area contributed by atoms with Crippen molar-refractivity contribution in [3.63, 3.8) is 0 Å².